The fraction of sp³-hybridized carbons (Fsp3) is 0.786. The lowest BCUT2D eigenvalue weighted by molar-refractivity contribution is 0.221. The third kappa shape index (κ3) is 4.42. The summed E-state index contributed by atoms with van der Waals surface area (Å²) >= 11 is 0. The van der Waals surface area contributed by atoms with Crippen LogP contribution in [0.5, 0.6) is 0 Å². The minimum absolute atomic E-state index is 0.517. The van der Waals surface area contributed by atoms with Crippen molar-refractivity contribution in [3.8, 4) is 0 Å². The number of imidazole rings is 1. The molecule has 1 fully saturated rings. The number of nitrogens with zero attached hydrogens (tertiary/aromatic N) is 3. The van der Waals surface area contributed by atoms with E-state index in [4.69, 9.17) is 0 Å². The monoisotopic (exact) mass is 250 g/mol. The number of piperidine rings is 1. The zero-order valence-corrected chi connectivity index (χ0v) is 11.7. The molecule has 0 aromatic carbocycles. The molecule has 0 amide bonds. The highest BCUT2D eigenvalue weighted by Gasteiger charge is 2.09. The molecule has 4 heteroatoms. The highest BCUT2D eigenvalue weighted by molar-refractivity contribution is 4.96. The first-order valence-electron chi connectivity index (χ1n) is 7.20. The molecule has 4 nitrogen and oxygen atoms in total. The van der Waals surface area contributed by atoms with Crippen LogP contribution in [0.1, 0.15) is 38.8 Å². The van der Waals surface area contributed by atoms with Crippen molar-refractivity contribution < 1.29 is 0 Å². The van der Waals surface area contributed by atoms with Crippen molar-refractivity contribution in [3.05, 3.63) is 18.2 Å². The van der Waals surface area contributed by atoms with E-state index >= 15 is 0 Å². The molecule has 1 aromatic rings. The summed E-state index contributed by atoms with van der Waals surface area (Å²) in [6.45, 7) is 9.96. The molecule has 0 unspecified atom stereocenters. The summed E-state index contributed by atoms with van der Waals surface area (Å²) in [5, 5.41) is 3.39. The average Bonchev–Trinajstić information content (AvgIpc) is 2.83. The van der Waals surface area contributed by atoms with E-state index in [9.17, 15) is 0 Å². The highest BCUT2D eigenvalue weighted by atomic mass is 15.2. The molecule has 1 aromatic heterocycles. The fourth-order valence-electron chi connectivity index (χ4n) is 2.37. The van der Waals surface area contributed by atoms with Crippen LogP contribution in [0.4, 0.5) is 0 Å². The normalized spacial score (nSPS) is 17.5. The number of hydrogen-bond donors (Lipinski definition) is 1. The third-order valence-corrected chi connectivity index (χ3v) is 3.50. The Hall–Kier alpha value is -0.870. The molecule has 0 atom stereocenters. The lowest BCUT2D eigenvalue weighted by atomic mass is 10.1. The molecule has 18 heavy (non-hydrogen) atoms. The van der Waals surface area contributed by atoms with Crippen LogP contribution in [0, 0.1) is 0 Å². The summed E-state index contributed by atoms with van der Waals surface area (Å²) < 4.78 is 2.21. The van der Waals surface area contributed by atoms with Crippen molar-refractivity contribution in [1.29, 1.82) is 0 Å². The predicted octanol–water partition coefficient (Wildman–Crippen LogP) is 1.87. The molecule has 0 aliphatic carbocycles. The number of aromatic nitrogens is 2. The molecule has 0 radical (unpaired) electrons. The van der Waals surface area contributed by atoms with Gasteiger partial charge in [-0.25, -0.2) is 4.98 Å². The van der Waals surface area contributed by atoms with Crippen LogP contribution < -0.4 is 5.32 Å². The van der Waals surface area contributed by atoms with Gasteiger partial charge < -0.3 is 14.8 Å². The topological polar surface area (TPSA) is 33.1 Å². The predicted molar refractivity (Wildman–Crippen MR) is 74.5 cm³/mol. The second-order valence-electron chi connectivity index (χ2n) is 5.54. The maximum Gasteiger partial charge on any atom is 0.0950 e. The van der Waals surface area contributed by atoms with E-state index in [2.05, 4.69) is 39.8 Å². The van der Waals surface area contributed by atoms with Gasteiger partial charge in [-0.15, -0.1) is 0 Å². The van der Waals surface area contributed by atoms with Crippen LogP contribution in [0.3, 0.4) is 0 Å². The average molecular weight is 250 g/mol. The van der Waals surface area contributed by atoms with Crippen molar-refractivity contribution in [3.63, 3.8) is 0 Å². The van der Waals surface area contributed by atoms with Crippen LogP contribution in [0.25, 0.3) is 0 Å². The van der Waals surface area contributed by atoms with Crippen LogP contribution in [-0.4, -0.2) is 40.1 Å². The number of hydrogen-bond acceptors (Lipinski definition) is 3. The molecule has 2 heterocycles. The van der Waals surface area contributed by atoms with Crippen LogP contribution in [0.15, 0.2) is 12.5 Å². The second-order valence-corrected chi connectivity index (χ2v) is 5.54. The van der Waals surface area contributed by atoms with Crippen LogP contribution in [-0.2, 0) is 13.1 Å². The van der Waals surface area contributed by atoms with Gasteiger partial charge in [-0.3, -0.25) is 0 Å². The molecule has 0 spiro atoms. The second kappa shape index (κ2) is 6.90. The van der Waals surface area contributed by atoms with Gasteiger partial charge in [0.05, 0.1) is 12.0 Å². The molecule has 102 valence electrons. The fourth-order valence-corrected chi connectivity index (χ4v) is 2.37. The van der Waals surface area contributed by atoms with E-state index in [0.29, 0.717) is 6.04 Å². The maximum atomic E-state index is 4.43. The van der Waals surface area contributed by atoms with Gasteiger partial charge in [0.15, 0.2) is 0 Å². The van der Waals surface area contributed by atoms with E-state index in [1.165, 1.54) is 32.4 Å². The van der Waals surface area contributed by atoms with Gasteiger partial charge in [-0.1, -0.05) is 20.3 Å². The smallest absolute Gasteiger partial charge is 0.0950 e. The molecule has 1 N–H and O–H groups in total. The summed E-state index contributed by atoms with van der Waals surface area (Å²) in [5.74, 6) is 0. The molecule has 2 rings (SSSR count). The zero-order chi connectivity index (χ0) is 12.8. The Morgan fingerprint density at radius 1 is 1.22 bits per heavy atom. The van der Waals surface area contributed by atoms with Crippen molar-refractivity contribution in [2.45, 2.75) is 52.2 Å². The SMILES string of the molecule is CC(C)NCc1cn(CCN2CCCCC2)cn1. The van der Waals surface area contributed by atoms with Crippen molar-refractivity contribution in [1.82, 2.24) is 19.8 Å². The van der Waals surface area contributed by atoms with Gasteiger partial charge in [0, 0.05) is 31.9 Å². The highest BCUT2D eigenvalue weighted by Crippen LogP contribution is 2.08. The molecule has 1 saturated heterocycles. The molecule has 0 saturated carbocycles. The van der Waals surface area contributed by atoms with E-state index < -0.39 is 0 Å². The van der Waals surface area contributed by atoms with Gasteiger partial charge in [-0.05, 0) is 25.9 Å². The summed E-state index contributed by atoms with van der Waals surface area (Å²) in [6.07, 6.45) is 8.27. The van der Waals surface area contributed by atoms with E-state index in [-0.39, 0.29) is 0 Å². The molecule has 1 aliphatic heterocycles. The van der Waals surface area contributed by atoms with Crippen molar-refractivity contribution in [2.75, 3.05) is 19.6 Å². The number of nitrogens with one attached hydrogen (secondary N) is 1. The maximum absolute atomic E-state index is 4.43. The van der Waals surface area contributed by atoms with Crippen LogP contribution >= 0.6 is 0 Å². The molecular weight excluding hydrogens is 224 g/mol. The van der Waals surface area contributed by atoms with Crippen molar-refractivity contribution in [2.24, 2.45) is 0 Å². The van der Waals surface area contributed by atoms with Gasteiger partial charge in [-0.2, -0.15) is 0 Å². The number of likely N-dealkylation sites (tertiary alicyclic amines) is 1. The Morgan fingerprint density at radius 2 is 2.00 bits per heavy atom. The Balaban J connectivity index is 1.72. The minimum Gasteiger partial charge on any atom is -0.336 e. The lowest BCUT2D eigenvalue weighted by Gasteiger charge is -2.26. The summed E-state index contributed by atoms with van der Waals surface area (Å²) in [5.41, 5.74) is 1.14. The van der Waals surface area contributed by atoms with Gasteiger partial charge in [0.1, 0.15) is 0 Å². The van der Waals surface area contributed by atoms with Crippen LogP contribution in [0.2, 0.25) is 0 Å². The Kier molecular flexibility index (Phi) is 5.20. The van der Waals surface area contributed by atoms with Gasteiger partial charge in [0.2, 0.25) is 0 Å². The molecule has 1 aliphatic rings. The summed E-state index contributed by atoms with van der Waals surface area (Å²) in [7, 11) is 0. The number of rotatable bonds is 6. The molecular formula is C14H26N4. The quantitative estimate of drug-likeness (QED) is 0.836. The zero-order valence-electron chi connectivity index (χ0n) is 11.7. The largest absolute Gasteiger partial charge is 0.336 e. The lowest BCUT2D eigenvalue weighted by Crippen LogP contribution is -2.32. The van der Waals surface area contributed by atoms with E-state index in [0.717, 1.165) is 25.3 Å². The standard InChI is InChI=1S/C14H26N4/c1-13(2)15-10-14-11-18(12-16-14)9-8-17-6-4-3-5-7-17/h11-13,15H,3-10H2,1-2H3. The van der Waals surface area contributed by atoms with E-state index in [1.54, 1.807) is 0 Å². The van der Waals surface area contributed by atoms with Gasteiger partial charge in [0.25, 0.3) is 0 Å². The summed E-state index contributed by atoms with van der Waals surface area (Å²) in [6, 6.07) is 0.517. The third-order valence-electron chi connectivity index (χ3n) is 3.50. The minimum atomic E-state index is 0.517. The first-order chi connectivity index (χ1) is 8.74. The Labute approximate surface area is 110 Å². The van der Waals surface area contributed by atoms with Gasteiger partial charge >= 0.3 is 0 Å². The first kappa shape index (κ1) is 13.6. The Bertz CT molecular complexity index is 339. The van der Waals surface area contributed by atoms with Crippen molar-refractivity contribution >= 4 is 0 Å². The van der Waals surface area contributed by atoms with E-state index in [1.807, 2.05) is 6.33 Å². The summed E-state index contributed by atoms with van der Waals surface area (Å²) in [4.78, 5) is 7.00. The first-order valence-corrected chi connectivity index (χ1v) is 7.20. The molecule has 0 bridgehead atoms. The Morgan fingerprint density at radius 3 is 2.72 bits per heavy atom.